The molecule has 2 aromatic carbocycles. The van der Waals surface area contributed by atoms with E-state index in [1.54, 1.807) is 48.5 Å². The fourth-order valence-electron chi connectivity index (χ4n) is 2.85. The van der Waals surface area contributed by atoms with Crippen molar-refractivity contribution in [2.45, 2.75) is 13.8 Å². The van der Waals surface area contributed by atoms with Gasteiger partial charge in [-0.25, -0.2) is 0 Å². The fourth-order valence-corrected chi connectivity index (χ4v) is 3.88. The lowest BCUT2D eigenvalue weighted by atomic mass is 10.1. The number of carbonyl (C=O) groups is 3. The van der Waals surface area contributed by atoms with Gasteiger partial charge in [0.2, 0.25) is 5.91 Å². The zero-order valence-electron chi connectivity index (χ0n) is 17.9. The maximum Gasteiger partial charge on any atom is 0.294 e. The molecule has 1 aliphatic heterocycles. The van der Waals surface area contributed by atoms with Gasteiger partial charge in [0.05, 0.1) is 18.6 Å². The maximum absolute atomic E-state index is 12.7. The third-order valence-corrected chi connectivity index (χ3v) is 5.48. The number of ether oxygens (including phenoxy) is 2. The van der Waals surface area contributed by atoms with Gasteiger partial charge in [-0.05, 0) is 59.7 Å². The molecule has 3 amide bonds. The van der Waals surface area contributed by atoms with Gasteiger partial charge in [-0.15, -0.1) is 0 Å². The lowest BCUT2D eigenvalue weighted by molar-refractivity contribution is -0.127. The van der Waals surface area contributed by atoms with E-state index in [1.807, 2.05) is 13.8 Å². The summed E-state index contributed by atoms with van der Waals surface area (Å²) < 4.78 is 11.1. The van der Waals surface area contributed by atoms with Crippen molar-refractivity contribution in [1.82, 2.24) is 4.90 Å². The number of methoxy groups -OCH3 is 1. The van der Waals surface area contributed by atoms with E-state index in [0.717, 1.165) is 16.7 Å². The molecule has 9 heteroatoms. The number of imide groups is 1. The van der Waals surface area contributed by atoms with Crippen LogP contribution in [-0.4, -0.2) is 42.2 Å². The zero-order valence-corrected chi connectivity index (χ0v) is 19.5. The first-order valence-electron chi connectivity index (χ1n) is 9.88. The van der Waals surface area contributed by atoms with E-state index in [1.165, 1.54) is 7.11 Å². The van der Waals surface area contributed by atoms with Gasteiger partial charge in [0.1, 0.15) is 6.54 Å². The Labute approximate surface area is 195 Å². The molecule has 0 aromatic heterocycles. The standard InChI is InChI=1S/C23H23ClN2O5S/c1-14(2)13-31-18-8-7-15(9-19(18)30-3)10-20-22(28)26(23(29)32-20)12-21(27)25-17-6-4-5-16(24)11-17/h4-11,14H,12-13H2,1-3H3,(H,25,27)/b20-10-. The van der Waals surface area contributed by atoms with Crippen molar-refractivity contribution < 1.29 is 23.9 Å². The van der Waals surface area contributed by atoms with Gasteiger partial charge in [-0.1, -0.05) is 37.6 Å². The van der Waals surface area contributed by atoms with E-state index in [2.05, 4.69) is 5.32 Å². The molecule has 1 aliphatic rings. The van der Waals surface area contributed by atoms with Crippen LogP contribution >= 0.6 is 23.4 Å². The first-order chi connectivity index (χ1) is 15.3. The van der Waals surface area contributed by atoms with Crippen LogP contribution in [-0.2, 0) is 9.59 Å². The minimum atomic E-state index is -0.527. The third kappa shape index (κ3) is 6.05. The molecule has 2 aromatic rings. The Balaban J connectivity index is 1.70. The summed E-state index contributed by atoms with van der Waals surface area (Å²) in [6.07, 6.45) is 1.59. The molecule has 0 unspecified atom stereocenters. The summed E-state index contributed by atoms with van der Waals surface area (Å²) in [5.41, 5.74) is 1.16. The molecule has 0 spiro atoms. The number of nitrogens with zero attached hydrogens (tertiary/aromatic N) is 1. The first-order valence-corrected chi connectivity index (χ1v) is 11.1. The quantitative estimate of drug-likeness (QED) is 0.538. The van der Waals surface area contributed by atoms with Crippen LogP contribution in [0.5, 0.6) is 11.5 Å². The normalized spacial score (nSPS) is 14.9. The van der Waals surface area contributed by atoms with Gasteiger partial charge in [-0.2, -0.15) is 0 Å². The second kappa shape index (κ2) is 10.6. The number of amides is 3. The lowest BCUT2D eigenvalue weighted by Crippen LogP contribution is -2.36. The Hall–Kier alpha value is -2.97. The minimum absolute atomic E-state index is 0.225. The summed E-state index contributed by atoms with van der Waals surface area (Å²) in [6, 6.07) is 11.9. The van der Waals surface area contributed by atoms with E-state index in [4.69, 9.17) is 21.1 Å². The SMILES string of the molecule is COc1cc(/C=C2\SC(=O)N(CC(=O)Nc3cccc(Cl)c3)C2=O)ccc1OCC(C)C. The molecular weight excluding hydrogens is 452 g/mol. The van der Waals surface area contributed by atoms with Crippen molar-refractivity contribution in [1.29, 1.82) is 0 Å². The Bertz CT molecular complexity index is 1070. The maximum atomic E-state index is 12.7. The lowest BCUT2D eigenvalue weighted by Gasteiger charge is -2.13. The highest BCUT2D eigenvalue weighted by Gasteiger charge is 2.36. The van der Waals surface area contributed by atoms with E-state index < -0.39 is 17.1 Å². The summed E-state index contributed by atoms with van der Waals surface area (Å²) in [7, 11) is 1.54. The fraction of sp³-hybridized carbons (Fsp3) is 0.261. The molecular formula is C23H23ClN2O5S. The number of halogens is 1. The van der Waals surface area contributed by atoms with E-state index >= 15 is 0 Å². The summed E-state index contributed by atoms with van der Waals surface area (Å²) in [6.45, 7) is 4.25. The molecule has 0 saturated carbocycles. The predicted molar refractivity (Wildman–Crippen MR) is 126 cm³/mol. The highest BCUT2D eigenvalue weighted by Crippen LogP contribution is 2.34. The van der Waals surface area contributed by atoms with Crippen LogP contribution in [0, 0.1) is 5.92 Å². The molecule has 7 nitrogen and oxygen atoms in total. The average Bonchev–Trinajstić information content (AvgIpc) is 2.99. The number of anilines is 1. The van der Waals surface area contributed by atoms with Gasteiger partial charge in [0, 0.05) is 10.7 Å². The average molecular weight is 475 g/mol. The van der Waals surface area contributed by atoms with Crippen LogP contribution < -0.4 is 14.8 Å². The van der Waals surface area contributed by atoms with Crippen LogP contribution in [0.2, 0.25) is 5.02 Å². The number of benzene rings is 2. The summed E-state index contributed by atoms with van der Waals surface area (Å²) in [5.74, 6) is 0.468. The monoisotopic (exact) mass is 474 g/mol. The van der Waals surface area contributed by atoms with Crippen molar-refractivity contribution in [2.75, 3.05) is 25.6 Å². The van der Waals surface area contributed by atoms with Crippen molar-refractivity contribution >= 4 is 52.2 Å². The Morgan fingerprint density at radius 1 is 1.19 bits per heavy atom. The van der Waals surface area contributed by atoms with Crippen molar-refractivity contribution in [3.8, 4) is 11.5 Å². The summed E-state index contributed by atoms with van der Waals surface area (Å²) >= 11 is 6.69. The predicted octanol–water partition coefficient (Wildman–Crippen LogP) is 5.06. The van der Waals surface area contributed by atoms with Crippen molar-refractivity contribution in [3.05, 3.63) is 58.0 Å². The molecule has 1 fully saturated rings. The van der Waals surface area contributed by atoms with Crippen LogP contribution in [0.3, 0.4) is 0 Å². The van der Waals surface area contributed by atoms with Crippen molar-refractivity contribution in [2.24, 2.45) is 5.92 Å². The number of hydrogen-bond donors (Lipinski definition) is 1. The molecule has 0 bridgehead atoms. The summed E-state index contributed by atoms with van der Waals surface area (Å²) in [5, 5.41) is 2.59. The smallest absolute Gasteiger partial charge is 0.294 e. The van der Waals surface area contributed by atoms with E-state index in [-0.39, 0.29) is 11.4 Å². The van der Waals surface area contributed by atoms with E-state index in [9.17, 15) is 14.4 Å². The highest BCUT2D eigenvalue weighted by atomic mass is 35.5. The van der Waals surface area contributed by atoms with Gasteiger partial charge in [0.15, 0.2) is 11.5 Å². The Kier molecular flexibility index (Phi) is 7.82. The first kappa shape index (κ1) is 23.7. The second-order valence-electron chi connectivity index (χ2n) is 7.44. The molecule has 0 radical (unpaired) electrons. The number of hydrogen-bond acceptors (Lipinski definition) is 6. The third-order valence-electron chi connectivity index (χ3n) is 4.34. The second-order valence-corrected chi connectivity index (χ2v) is 8.87. The molecule has 1 saturated heterocycles. The summed E-state index contributed by atoms with van der Waals surface area (Å²) in [4.78, 5) is 38.5. The zero-order chi connectivity index (χ0) is 23.3. The van der Waals surface area contributed by atoms with Gasteiger partial charge >= 0.3 is 0 Å². The molecule has 0 aliphatic carbocycles. The number of thioether (sulfide) groups is 1. The van der Waals surface area contributed by atoms with Crippen LogP contribution in [0.15, 0.2) is 47.4 Å². The van der Waals surface area contributed by atoms with Gasteiger partial charge in [-0.3, -0.25) is 19.3 Å². The van der Waals surface area contributed by atoms with Gasteiger partial charge < -0.3 is 14.8 Å². The van der Waals surface area contributed by atoms with E-state index in [0.29, 0.717) is 40.3 Å². The molecule has 32 heavy (non-hydrogen) atoms. The molecule has 168 valence electrons. The van der Waals surface area contributed by atoms with Crippen LogP contribution in [0.25, 0.3) is 6.08 Å². The molecule has 0 atom stereocenters. The van der Waals surface area contributed by atoms with Gasteiger partial charge in [0.25, 0.3) is 11.1 Å². The largest absolute Gasteiger partial charge is 0.493 e. The van der Waals surface area contributed by atoms with Crippen LogP contribution in [0.4, 0.5) is 10.5 Å². The Morgan fingerprint density at radius 3 is 2.66 bits per heavy atom. The minimum Gasteiger partial charge on any atom is -0.493 e. The Morgan fingerprint density at radius 2 is 1.97 bits per heavy atom. The topological polar surface area (TPSA) is 84.9 Å². The van der Waals surface area contributed by atoms with Crippen molar-refractivity contribution in [3.63, 3.8) is 0 Å². The number of rotatable bonds is 8. The highest BCUT2D eigenvalue weighted by molar-refractivity contribution is 8.18. The molecule has 1 heterocycles. The number of nitrogens with one attached hydrogen (secondary N) is 1. The van der Waals surface area contributed by atoms with Crippen LogP contribution in [0.1, 0.15) is 19.4 Å². The molecule has 3 rings (SSSR count). The number of carbonyl (C=O) groups excluding carboxylic acids is 3. The molecule has 1 N–H and O–H groups in total.